The largest absolute Gasteiger partial charge is 0.457 e. The first-order chi connectivity index (χ1) is 20.4. The van der Waals surface area contributed by atoms with Crippen molar-refractivity contribution < 1.29 is 17.9 Å². The monoisotopic (exact) mass is 583 g/mol. The number of likely N-dealkylation sites (tertiary alicyclic amines) is 1. The number of amides is 1. The number of ether oxygens (including phenoxy) is 1. The smallest absolute Gasteiger partial charge is 0.264 e. The molecule has 8 heteroatoms. The minimum atomic E-state index is -4.02. The van der Waals surface area contributed by atoms with Gasteiger partial charge < -0.3 is 10.1 Å². The van der Waals surface area contributed by atoms with Crippen LogP contribution in [0.4, 0.5) is 5.69 Å². The normalized spacial score (nSPS) is 13.8. The summed E-state index contributed by atoms with van der Waals surface area (Å²) >= 11 is 0. The maximum atomic E-state index is 13.8. The average Bonchev–Trinajstić information content (AvgIpc) is 3.01. The van der Waals surface area contributed by atoms with Crippen molar-refractivity contribution in [1.29, 1.82) is 0 Å². The van der Waals surface area contributed by atoms with E-state index in [0.717, 1.165) is 35.1 Å². The van der Waals surface area contributed by atoms with Crippen molar-refractivity contribution in [2.24, 2.45) is 0 Å². The zero-order valence-electron chi connectivity index (χ0n) is 23.9. The standard InChI is InChI=1S/C34H37N3O4S/c1-27-13-19-33(20-14-27)42(39,40)37(30-15-17-32(18-16-30)41-31-11-4-2-5-12-31)26-34(38)35-24-28-9-8-10-29(23-28)25-36-21-6-3-7-22-36/h2,4-5,8-20,23H,3,6-7,21-22,24-26H2,1H3,(H,35,38). The maximum absolute atomic E-state index is 13.8. The third-order valence-electron chi connectivity index (χ3n) is 7.34. The molecule has 7 nitrogen and oxygen atoms in total. The van der Waals surface area contributed by atoms with Crippen LogP contribution in [0.5, 0.6) is 11.5 Å². The molecule has 1 aliphatic rings. The number of piperidine rings is 1. The van der Waals surface area contributed by atoms with Gasteiger partial charge >= 0.3 is 0 Å². The van der Waals surface area contributed by atoms with Gasteiger partial charge in [0.15, 0.2) is 0 Å². The van der Waals surface area contributed by atoms with Crippen LogP contribution >= 0.6 is 0 Å². The summed E-state index contributed by atoms with van der Waals surface area (Å²) < 4.78 is 34.6. The van der Waals surface area contributed by atoms with Gasteiger partial charge in [-0.3, -0.25) is 14.0 Å². The molecular formula is C34H37N3O4S. The Balaban J connectivity index is 1.30. The first kappa shape index (κ1) is 29.4. The van der Waals surface area contributed by atoms with Crippen LogP contribution in [0.2, 0.25) is 0 Å². The Labute approximate surface area is 248 Å². The van der Waals surface area contributed by atoms with Gasteiger partial charge in [-0.1, -0.05) is 66.6 Å². The SMILES string of the molecule is Cc1ccc(S(=O)(=O)N(CC(=O)NCc2cccc(CN3CCCCC3)c2)c2ccc(Oc3ccccc3)cc2)cc1. The molecule has 1 N–H and O–H groups in total. The molecule has 42 heavy (non-hydrogen) atoms. The molecule has 1 amide bonds. The van der Waals surface area contributed by atoms with Crippen molar-refractivity contribution >= 4 is 21.6 Å². The van der Waals surface area contributed by atoms with Gasteiger partial charge in [0.1, 0.15) is 18.0 Å². The fourth-order valence-corrected chi connectivity index (χ4v) is 6.48. The number of carbonyl (C=O) groups excluding carboxylic acids is 1. The fraction of sp³-hybridized carbons (Fsp3) is 0.265. The molecule has 0 aliphatic carbocycles. The second-order valence-electron chi connectivity index (χ2n) is 10.7. The minimum Gasteiger partial charge on any atom is -0.457 e. The van der Waals surface area contributed by atoms with E-state index in [0.29, 0.717) is 23.7 Å². The van der Waals surface area contributed by atoms with E-state index in [-0.39, 0.29) is 11.4 Å². The van der Waals surface area contributed by atoms with Crippen molar-refractivity contribution in [3.05, 3.63) is 120 Å². The van der Waals surface area contributed by atoms with Crippen LogP contribution in [-0.4, -0.2) is 38.9 Å². The van der Waals surface area contributed by atoms with Crippen molar-refractivity contribution in [3.8, 4) is 11.5 Å². The van der Waals surface area contributed by atoms with Gasteiger partial charge in [-0.05, 0) is 92.5 Å². The van der Waals surface area contributed by atoms with Gasteiger partial charge in [0.2, 0.25) is 5.91 Å². The van der Waals surface area contributed by atoms with E-state index in [4.69, 9.17) is 4.74 Å². The summed E-state index contributed by atoms with van der Waals surface area (Å²) in [5.41, 5.74) is 3.51. The van der Waals surface area contributed by atoms with Crippen LogP contribution in [0.25, 0.3) is 0 Å². The summed E-state index contributed by atoms with van der Waals surface area (Å²) in [7, 11) is -4.02. The summed E-state index contributed by atoms with van der Waals surface area (Å²) in [4.78, 5) is 15.8. The van der Waals surface area contributed by atoms with Crippen LogP contribution in [0.3, 0.4) is 0 Å². The zero-order valence-corrected chi connectivity index (χ0v) is 24.7. The highest BCUT2D eigenvalue weighted by Gasteiger charge is 2.27. The van der Waals surface area contributed by atoms with E-state index in [1.54, 1.807) is 48.5 Å². The van der Waals surface area contributed by atoms with Crippen LogP contribution in [0.15, 0.2) is 108 Å². The highest BCUT2D eigenvalue weighted by Crippen LogP contribution is 2.28. The van der Waals surface area contributed by atoms with Gasteiger partial charge in [-0.2, -0.15) is 0 Å². The van der Waals surface area contributed by atoms with Crippen LogP contribution in [0, 0.1) is 6.92 Å². The zero-order chi connectivity index (χ0) is 29.4. The minimum absolute atomic E-state index is 0.121. The molecule has 0 unspecified atom stereocenters. The number of benzene rings is 4. The Hall–Kier alpha value is -4.14. The fourth-order valence-electron chi connectivity index (χ4n) is 5.06. The van der Waals surface area contributed by atoms with Crippen molar-refractivity contribution in [3.63, 3.8) is 0 Å². The number of aryl methyl sites for hydroxylation is 1. The molecule has 0 aromatic heterocycles. The van der Waals surface area contributed by atoms with E-state index >= 15 is 0 Å². The molecule has 4 aromatic carbocycles. The third kappa shape index (κ3) is 7.78. The van der Waals surface area contributed by atoms with Gasteiger partial charge in [0.25, 0.3) is 10.0 Å². The molecule has 218 valence electrons. The molecule has 4 aromatic rings. The Kier molecular flexibility index (Phi) is 9.56. The predicted molar refractivity (Wildman–Crippen MR) is 166 cm³/mol. The quantitative estimate of drug-likeness (QED) is 0.225. The Morgan fingerprint density at radius 3 is 2.19 bits per heavy atom. The summed E-state index contributed by atoms with van der Waals surface area (Å²) in [6.07, 6.45) is 3.77. The molecule has 5 rings (SSSR count). The van der Waals surface area contributed by atoms with Gasteiger partial charge in [0.05, 0.1) is 10.6 Å². The molecule has 0 spiro atoms. The van der Waals surface area contributed by atoms with Gasteiger partial charge in [-0.25, -0.2) is 8.42 Å². The van der Waals surface area contributed by atoms with Crippen molar-refractivity contribution in [1.82, 2.24) is 10.2 Å². The highest BCUT2D eigenvalue weighted by molar-refractivity contribution is 7.92. The molecule has 0 atom stereocenters. The molecule has 1 fully saturated rings. The summed E-state index contributed by atoms with van der Waals surface area (Å²) in [6.45, 7) is 4.98. The van der Waals surface area contributed by atoms with E-state index < -0.39 is 15.9 Å². The first-order valence-corrected chi connectivity index (χ1v) is 15.8. The van der Waals surface area contributed by atoms with Crippen LogP contribution < -0.4 is 14.4 Å². The topological polar surface area (TPSA) is 79.0 Å². The number of rotatable bonds is 11. The molecule has 0 bridgehead atoms. The van der Waals surface area contributed by atoms with E-state index in [1.165, 1.54) is 24.8 Å². The third-order valence-corrected chi connectivity index (χ3v) is 9.12. The molecule has 1 heterocycles. The summed E-state index contributed by atoms with van der Waals surface area (Å²) in [5.74, 6) is 0.844. The van der Waals surface area contributed by atoms with E-state index in [2.05, 4.69) is 22.3 Å². The Bertz CT molecular complexity index is 1570. The summed E-state index contributed by atoms with van der Waals surface area (Å²) in [5, 5.41) is 2.92. The highest BCUT2D eigenvalue weighted by atomic mass is 32.2. The molecule has 1 aliphatic heterocycles. The van der Waals surface area contributed by atoms with Crippen LogP contribution in [0.1, 0.15) is 36.0 Å². The average molecular weight is 584 g/mol. The lowest BCUT2D eigenvalue weighted by molar-refractivity contribution is -0.119. The van der Waals surface area contributed by atoms with E-state index in [9.17, 15) is 13.2 Å². The second kappa shape index (κ2) is 13.7. The molecule has 0 saturated carbocycles. The lowest BCUT2D eigenvalue weighted by atomic mass is 10.1. The summed E-state index contributed by atoms with van der Waals surface area (Å²) in [6, 6.07) is 30.9. The molecule has 0 radical (unpaired) electrons. The van der Waals surface area contributed by atoms with E-state index in [1.807, 2.05) is 49.4 Å². The maximum Gasteiger partial charge on any atom is 0.264 e. The number of nitrogens with one attached hydrogen (secondary N) is 1. The number of hydrogen-bond acceptors (Lipinski definition) is 5. The predicted octanol–water partition coefficient (Wildman–Crippen LogP) is 6.28. The molecule has 1 saturated heterocycles. The second-order valence-corrected chi connectivity index (χ2v) is 12.5. The number of anilines is 1. The van der Waals surface area contributed by atoms with Gasteiger partial charge in [0, 0.05) is 13.1 Å². The number of sulfonamides is 1. The van der Waals surface area contributed by atoms with Crippen molar-refractivity contribution in [2.75, 3.05) is 23.9 Å². The van der Waals surface area contributed by atoms with Crippen LogP contribution in [-0.2, 0) is 27.9 Å². The Morgan fingerprint density at radius 2 is 1.48 bits per heavy atom. The lowest BCUT2D eigenvalue weighted by Crippen LogP contribution is -2.40. The number of hydrogen-bond donors (Lipinski definition) is 1. The lowest BCUT2D eigenvalue weighted by Gasteiger charge is -2.26. The number of carbonyl (C=O) groups is 1. The number of nitrogens with zero attached hydrogens (tertiary/aromatic N) is 2. The number of para-hydroxylation sites is 1. The Morgan fingerprint density at radius 1 is 0.810 bits per heavy atom. The van der Waals surface area contributed by atoms with Gasteiger partial charge in [-0.15, -0.1) is 0 Å². The first-order valence-electron chi connectivity index (χ1n) is 14.4. The van der Waals surface area contributed by atoms with Crippen molar-refractivity contribution in [2.45, 2.75) is 44.2 Å². The molecular weight excluding hydrogens is 546 g/mol.